The summed E-state index contributed by atoms with van der Waals surface area (Å²) in [5.74, 6) is 0.313. The van der Waals surface area contributed by atoms with Crippen molar-refractivity contribution >= 4 is 23.2 Å². The molecule has 8 nitrogen and oxygen atoms in total. The van der Waals surface area contributed by atoms with Crippen LogP contribution in [0.4, 0.5) is 20.4 Å². The fraction of sp³-hybridized carbons (Fsp3) is 0.423. The summed E-state index contributed by atoms with van der Waals surface area (Å²) in [5.41, 5.74) is 1.94. The molecule has 1 aromatic heterocycles. The first kappa shape index (κ1) is 22.8. The minimum Gasteiger partial charge on any atom is -0.494 e. The van der Waals surface area contributed by atoms with Crippen molar-refractivity contribution in [2.45, 2.75) is 31.5 Å². The second-order valence-electron chi connectivity index (χ2n) is 10.7. The lowest BCUT2D eigenvalue weighted by atomic mass is 9.72. The molecule has 1 aliphatic carbocycles. The van der Waals surface area contributed by atoms with E-state index in [1.165, 1.54) is 13.2 Å². The number of methoxy groups -OCH3 is 1. The summed E-state index contributed by atoms with van der Waals surface area (Å²) in [6.07, 6.45) is 1.71. The molecule has 37 heavy (non-hydrogen) atoms. The Hall–Kier alpha value is -3.42. The van der Waals surface area contributed by atoms with Crippen LogP contribution in [0.1, 0.15) is 24.2 Å². The summed E-state index contributed by atoms with van der Waals surface area (Å²) < 4.78 is 35.4. The molecule has 4 aliphatic rings. The minimum absolute atomic E-state index is 0.0128. The van der Waals surface area contributed by atoms with E-state index >= 15 is 0 Å². The number of hydrogen-bond donors (Lipinski definition) is 0. The number of benzene rings is 2. The number of fused-ring (bicyclic) bond motifs is 3. The van der Waals surface area contributed by atoms with Gasteiger partial charge in [-0.2, -0.15) is 5.26 Å². The highest BCUT2D eigenvalue weighted by Gasteiger charge is 2.54. The Morgan fingerprint density at radius 2 is 1.73 bits per heavy atom. The summed E-state index contributed by atoms with van der Waals surface area (Å²) in [6, 6.07) is 10.6. The molecule has 1 saturated carbocycles. The van der Waals surface area contributed by atoms with Crippen LogP contribution in [0.2, 0.25) is 5.02 Å². The third-order valence-electron chi connectivity index (χ3n) is 8.18. The predicted octanol–water partition coefficient (Wildman–Crippen LogP) is 3.91. The molecular weight excluding hydrogens is 500 g/mol. The second-order valence-corrected chi connectivity index (χ2v) is 11.1. The molecule has 190 valence electrons. The molecule has 0 unspecified atom stereocenters. The van der Waals surface area contributed by atoms with Crippen LogP contribution in [0, 0.1) is 28.4 Å². The fourth-order valence-electron chi connectivity index (χ4n) is 6.07. The lowest BCUT2D eigenvalue weighted by molar-refractivity contribution is 0.153. The van der Waals surface area contributed by atoms with Gasteiger partial charge in [-0.3, -0.25) is 9.47 Å². The van der Waals surface area contributed by atoms with Crippen molar-refractivity contribution < 1.29 is 13.5 Å². The third-order valence-corrected chi connectivity index (χ3v) is 8.41. The van der Waals surface area contributed by atoms with Crippen LogP contribution in [-0.2, 0) is 13.1 Å². The summed E-state index contributed by atoms with van der Waals surface area (Å²) in [6.45, 7) is 4.01. The van der Waals surface area contributed by atoms with Crippen molar-refractivity contribution in [1.82, 2.24) is 19.7 Å². The highest BCUT2D eigenvalue weighted by molar-refractivity contribution is 6.30. The van der Waals surface area contributed by atoms with Gasteiger partial charge in [-0.25, -0.2) is 8.78 Å². The molecule has 2 aromatic carbocycles. The van der Waals surface area contributed by atoms with Gasteiger partial charge in [0.05, 0.1) is 31.1 Å². The number of rotatable bonds is 4. The average molecular weight is 524 g/mol. The van der Waals surface area contributed by atoms with E-state index in [0.29, 0.717) is 36.9 Å². The maximum absolute atomic E-state index is 14.5. The molecule has 7 rings (SSSR count). The van der Waals surface area contributed by atoms with Crippen LogP contribution in [0.25, 0.3) is 5.69 Å². The summed E-state index contributed by atoms with van der Waals surface area (Å²) in [5, 5.41) is 19.6. The van der Waals surface area contributed by atoms with E-state index < -0.39 is 17.2 Å². The van der Waals surface area contributed by atoms with Crippen molar-refractivity contribution in [2.24, 2.45) is 5.41 Å². The zero-order chi connectivity index (χ0) is 25.5. The molecule has 4 heterocycles. The lowest BCUT2D eigenvalue weighted by Crippen LogP contribution is -2.73. The van der Waals surface area contributed by atoms with Gasteiger partial charge in [0.1, 0.15) is 11.4 Å². The summed E-state index contributed by atoms with van der Waals surface area (Å²) in [4.78, 5) is 6.30. The fourth-order valence-corrected chi connectivity index (χ4v) is 6.26. The Kier molecular flexibility index (Phi) is 4.79. The number of anilines is 2. The van der Waals surface area contributed by atoms with Gasteiger partial charge >= 0.3 is 0 Å². The van der Waals surface area contributed by atoms with Gasteiger partial charge in [-0.15, -0.1) is 10.2 Å². The van der Waals surface area contributed by atoms with Gasteiger partial charge < -0.3 is 14.5 Å². The molecule has 3 aliphatic heterocycles. The standard InChI is InChI=1S/C26H24ClF2N7O/c1-37-22-8-21(18(28)7-19(22)29)33-12-25(13-33)14-34(15-25)24-32-31-23-10-35(26(11-30)4-5-26)9-16-6-17(27)2-3-20(16)36(23)24/h2-3,6-8H,4-5,9-10,12-15H2,1H3. The van der Waals surface area contributed by atoms with Gasteiger partial charge in [0.25, 0.3) is 0 Å². The number of ether oxygens (including phenoxy) is 1. The lowest BCUT2D eigenvalue weighted by Gasteiger charge is -2.61. The van der Waals surface area contributed by atoms with Crippen LogP contribution in [0.3, 0.4) is 0 Å². The molecule has 2 saturated heterocycles. The highest BCUT2D eigenvalue weighted by Crippen LogP contribution is 2.47. The van der Waals surface area contributed by atoms with E-state index in [1.807, 2.05) is 23.1 Å². The number of hydrogen-bond acceptors (Lipinski definition) is 7. The Labute approximate surface area is 217 Å². The van der Waals surface area contributed by atoms with Crippen molar-refractivity contribution in [3.8, 4) is 17.5 Å². The molecule has 11 heteroatoms. The predicted molar refractivity (Wildman–Crippen MR) is 133 cm³/mol. The number of nitrogens with zero attached hydrogens (tertiary/aromatic N) is 7. The van der Waals surface area contributed by atoms with Gasteiger partial charge in [-0.05, 0) is 36.6 Å². The summed E-state index contributed by atoms with van der Waals surface area (Å²) >= 11 is 6.36. The van der Waals surface area contributed by atoms with E-state index in [1.54, 1.807) is 0 Å². The smallest absolute Gasteiger partial charge is 0.231 e. The third kappa shape index (κ3) is 3.41. The quantitative estimate of drug-likeness (QED) is 0.513. The average Bonchev–Trinajstić information content (AvgIpc) is 3.56. The maximum Gasteiger partial charge on any atom is 0.231 e. The van der Waals surface area contributed by atoms with Crippen molar-refractivity contribution in [3.05, 3.63) is 58.4 Å². The van der Waals surface area contributed by atoms with Crippen LogP contribution < -0.4 is 14.5 Å². The first-order chi connectivity index (χ1) is 17.8. The normalized spacial score (nSPS) is 20.8. The first-order valence-corrected chi connectivity index (χ1v) is 12.6. The van der Waals surface area contributed by atoms with Crippen molar-refractivity contribution in [3.63, 3.8) is 0 Å². The Morgan fingerprint density at radius 1 is 0.973 bits per heavy atom. The van der Waals surface area contributed by atoms with E-state index in [-0.39, 0.29) is 11.2 Å². The van der Waals surface area contributed by atoms with Crippen LogP contribution in [-0.4, -0.2) is 58.5 Å². The highest BCUT2D eigenvalue weighted by atomic mass is 35.5. The topological polar surface area (TPSA) is 73.5 Å². The van der Waals surface area contributed by atoms with Crippen molar-refractivity contribution in [1.29, 1.82) is 5.26 Å². The van der Waals surface area contributed by atoms with E-state index in [9.17, 15) is 14.0 Å². The first-order valence-electron chi connectivity index (χ1n) is 12.3. The molecule has 1 spiro atoms. The monoisotopic (exact) mass is 523 g/mol. The van der Waals surface area contributed by atoms with Gasteiger partial charge in [-0.1, -0.05) is 11.6 Å². The maximum atomic E-state index is 14.5. The SMILES string of the molecule is COc1cc(N2CC3(C2)CN(c2nnc4n2-c2ccc(Cl)cc2CN(C2(C#N)CC2)C4)C3)c(F)cc1F. The second kappa shape index (κ2) is 7.79. The summed E-state index contributed by atoms with van der Waals surface area (Å²) in [7, 11) is 1.37. The van der Waals surface area contributed by atoms with Gasteiger partial charge in [0, 0.05) is 55.3 Å². The number of nitriles is 1. The molecule has 0 bridgehead atoms. The van der Waals surface area contributed by atoms with Crippen LogP contribution >= 0.6 is 11.6 Å². The largest absolute Gasteiger partial charge is 0.494 e. The van der Waals surface area contributed by atoms with Gasteiger partial charge in [0.15, 0.2) is 17.4 Å². The molecule has 3 aromatic rings. The number of aromatic nitrogens is 3. The Balaban J connectivity index is 1.14. The minimum atomic E-state index is -0.705. The zero-order valence-electron chi connectivity index (χ0n) is 20.2. The number of halogens is 3. The molecule has 0 amide bonds. The van der Waals surface area contributed by atoms with Crippen LogP contribution in [0.15, 0.2) is 30.3 Å². The van der Waals surface area contributed by atoms with Crippen molar-refractivity contribution in [2.75, 3.05) is 43.1 Å². The van der Waals surface area contributed by atoms with E-state index in [2.05, 4.69) is 30.6 Å². The Morgan fingerprint density at radius 3 is 2.43 bits per heavy atom. The Bertz CT molecular complexity index is 1470. The molecule has 0 radical (unpaired) electrons. The van der Waals surface area contributed by atoms with E-state index in [0.717, 1.165) is 55.0 Å². The molecule has 0 atom stereocenters. The van der Waals surface area contributed by atoms with Crippen LogP contribution in [0.5, 0.6) is 5.75 Å². The molecule has 0 N–H and O–H groups in total. The van der Waals surface area contributed by atoms with Gasteiger partial charge in [0.2, 0.25) is 5.95 Å². The zero-order valence-corrected chi connectivity index (χ0v) is 21.0. The molecular formula is C26H24ClF2N7O. The van der Waals surface area contributed by atoms with E-state index in [4.69, 9.17) is 16.3 Å². The molecule has 3 fully saturated rings.